The molecule has 3 aromatic rings. The van der Waals surface area contributed by atoms with Crippen LogP contribution in [0, 0.1) is 26.6 Å². The molecule has 4 rings (SSSR count). The second-order valence-corrected chi connectivity index (χ2v) is 9.90. The molecule has 2 aromatic heterocycles. The summed E-state index contributed by atoms with van der Waals surface area (Å²) in [5.41, 5.74) is 2.97. The van der Waals surface area contributed by atoms with Gasteiger partial charge in [-0.25, -0.2) is 4.39 Å². The van der Waals surface area contributed by atoms with E-state index in [0.29, 0.717) is 5.82 Å². The number of ether oxygens (including phenoxy) is 1. The largest absolute Gasteiger partial charge is 0.460 e. The number of benzene rings is 1. The fourth-order valence-electron chi connectivity index (χ4n) is 3.67. The molecule has 0 saturated carbocycles. The number of carbonyl (C=O) groups is 1. The van der Waals surface area contributed by atoms with E-state index in [1.807, 2.05) is 32.3 Å². The summed E-state index contributed by atoms with van der Waals surface area (Å²) >= 11 is 1.64. The van der Waals surface area contributed by atoms with Gasteiger partial charge in [-0.05, 0) is 71.4 Å². The summed E-state index contributed by atoms with van der Waals surface area (Å²) in [6.07, 6.45) is 0.0348. The van der Waals surface area contributed by atoms with Gasteiger partial charge in [0.15, 0.2) is 5.82 Å². The molecule has 162 valence electrons. The highest BCUT2D eigenvalue weighted by Gasteiger charge is 2.33. The average molecular weight is 441 g/mol. The molecule has 0 bridgehead atoms. The molecule has 1 atom stereocenters. The summed E-state index contributed by atoms with van der Waals surface area (Å²) in [5, 5.41) is 9.60. The molecule has 31 heavy (non-hydrogen) atoms. The Kier molecular flexibility index (Phi) is 5.29. The molecule has 0 fully saturated rings. The molecule has 1 aliphatic rings. The van der Waals surface area contributed by atoms with Crippen LogP contribution < -0.4 is 0 Å². The number of aromatic nitrogens is 3. The molecule has 0 aliphatic carbocycles. The lowest BCUT2D eigenvalue weighted by molar-refractivity contribution is -0.155. The van der Waals surface area contributed by atoms with E-state index in [2.05, 4.69) is 24.0 Å². The molecular formula is C23H25FN4O2S. The van der Waals surface area contributed by atoms with E-state index in [1.165, 1.54) is 12.1 Å². The average Bonchev–Trinajstić information content (AvgIpc) is 3.14. The van der Waals surface area contributed by atoms with E-state index in [0.717, 1.165) is 38.1 Å². The third kappa shape index (κ3) is 4.04. The Hall–Kier alpha value is -2.87. The van der Waals surface area contributed by atoms with Gasteiger partial charge in [-0.3, -0.25) is 14.4 Å². The number of aliphatic imine (C=N–C) groups is 1. The third-order valence-electron chi connectivity index (χ3n) is 5.14. The van der Waals surface area contributed by atoms with Crippen molar-refractivity contribution in [1.29, 1.82) is 0 Å². The minimum Gasteiger partial charge on any atom is -0.460 e. The van der Waals surface area contributed by atoms with Gasteiger partial charge in [-0.1, -0.05) is 0 Å². The zero-order chi connectivity index (χ0) is 22.5. The summed E-state index contributed by atoms with van der Waals surface area (Å²) in [5.74, 6) is 0.657. The van der Waals surface area contributed by atoms with Gasteiger partial charge in [0.05, 0.1) is 12.1 Å². The van der Waals surface area contributed by atoms with Crippen LogP contribution in [-0.2, 0) is 9.53 Å². The first-order valence-electron chi connectivity index (χ1n) is 10.1. The number of esters is 1. The molecular weight excluding hydrogens is 415 g/mol. The fourth-order valence-corrected chi connectivity index (χ4v) is 4.89. The fraction of sp³-hybridized carbons (Fsp3) is 0.391. The van der Waals surface area contributed by atoms with Crippen LogP contribution in [-0.4, -0.2) is 32.0 Å². The van der Waals surface area contributed by atoms with Gasteiger partial charge < -0.3 is 4.74 Å². The second-order valence-electron chi connectivity index (χ2n) is 8.70. The van der Waals surface area contributed by atoms with Crippen LogP contribution in [0.15, 0.2) is 29.3 Å². The van der Waals surface area contributed by atoms with Gasteiger partial charge in [0.1, 0.15) is 28.3 Å². The van der Waals surface area contributed by atoms with Crippen molar-refractivity contribution in [2.24, 2.45) is 4.99 Å². The van der Waals surface area contributed by atoms with Crippen molar-refractivity contribution in [3.63, 3.8) is 0 Å². The lowest BCUT2D eigenvalue weighted by Crippen LogP contribution is -2.25. The summed E-state index contributed by atoms with van der Waals surface area (Å²) in [4.78, 5) is 18.8. The van der Waals surface area contributed by atoms with E-state index in [9.17, 15) is 9.18 Å². The summed E-state index contributed by atoms with van der Waals surface area (Å²) in [6, 6.07) is 5.70. The molecule has 0 amide bonds. The van der Waals surface area contributed by atoms with Crippen LogP contribution in [0.5, 0.6) is 0 Å². The number of aryl methyl sites for hydroxylation is 2. The first-order chi connectivity index (χ1) is 14.5. The maximum atomic E-state index is 13.6. The molecule has 6 nitrogen and oxygen atoms in total. The van der Waals surface area contributed by atoms with E-state index in [-0.39, 0.29) is 18.2 Å². The molecule has 3 heterocycles. The van der Waals surface area contributed by atoms with Gasteiger partial charge in [0, 0.05) is 16.0 Å². The molecule has 1 aromatic carbocycles. The van der Waals surface area contributed by atoms with E-state index in [4.69, 9.17) is 9.73 Å². The Morgan fingerprint density at radius 2 is 1.84 bits per heavy atom. The topological polar surface area (TPSA) is 69.4 Å². The number of halogens is 1. The standard InChI is InChI=1S/C23H25FN4O2S/c1-12-13(2)31-22-19(12)20(15-7-9-16(24)10-8-15)25-17(11-18(29)30-23(4,5)6)21-27-26-14(3)28(21)22/h7-10,17H,11H2,1-6H3. The molecule has 0 saturated heterocycles. The van der Waals surface area contributed by atoms with Crippen molar-refractivity contribution in [3.05, 3.63) is 63.3 Å². The number of nitrogens with zero attached hydrogens (tertiary/aromatic N) is 4. The predicted molar refractivity (Wildman–Crippen MR) is 119 cm³/mol. The molecule has 8 heteroatoms. The Morgan fingerprint density at radius 1 is 1.16 bits per heavy atom. The Labute approximate surface area is 184 Å². The first-order valence-corrected chi connectivity index (χ1v) is 10.9. The van der Waals surface area contributed by atoms with Crippen LogP contribution in [0.25, 0.3) is 5.00 Å². The highest BCUT2D eigenvalue weighted by atomic mass is 32.1. The van der Waals surface area contributed by atoms with Gasteiger partial charge in [0.25, 0.3) is 0 Å². The smallest absolute Gasteiger partial charge is 0.308 e. The normalized spacial score (nSPS) is 15.7. The van der Waals surface area contributed by atoms with E-state index >= 15 is 0 Å². The lowest BCUT2D eigenvalue weighted by Gasteiger charge is -2.21. The van der Waals surface area contributed by atoms with Crippen molar-refractivity contribution in [1.82, 2.24) is 14.8 Å². The Morgan fingerprint density at radius 3 is 2.48 bits per heavy atom. The quantitative estimate of drug-likeness (QED) is 0.537. The van der Waals surface area contributed by atoms with Crippen LogP contribution in [0.2, 0.25) is 0 Å². The Balaban J connectivity index is 1.91. The zero-order valence-corrected chi connectivity index (χ0v) is 19.3. The van der Waals surface area contributed by atoms with Crippen molar-refractivity contribution in [3.8, 4) is 5.00 Å². The summed E-state index contributed by atoms with van der Waals surface area (Å²) < 4.78 is 21.1. The minimum absolute atomic E-state index is 0.0348. The minimum atomic E-state index is -0.596. The molecule has 0 spiro atoms. The predicted octanol–water partition coefficient (Wildman–Crippen LogP) is 5.02. The number of fused-ring (bicyclic) bond motifs is 3. The highest BCUT2D eigenvalue weighted by Crippen LogP contribution is 2.39. The number of thiophene rings is 1. The molecule has 0 N–H and O–H groups in total. The number of rotatable bonds is 3. The Bertz CT molecular complexity index is 1190. The third-order valence-corrected chi connectivity index (χ3v) is 6.33. The maximum absolute atomic E-state index is 13.6. The van der Waals surface area contributed by atoms with Gasteiger partial charge in [-0.2, -0.15) is 0 Å². The van der Waals surface area contributed by atoms with Crippen molar-refractivity contribution in [2.45, 2.75) is 59.6 Å². The number of hydrogen-bond acceptors (Lipinski definition) is 6. The number of carbonyl (C=O) groups excluding carboxylic acids is 1. The monoisotopic (exact) mass is 440 g/mol. The summed E-state index contributed by atoms with van der Waals surface area (Å²) in [7, 11) is 0. The van der Waals surface area contributed by atoms with Crippen LogP contribution in [0.1, 0.15) is 66.5 Å². The van der Waals surface area contributed by atoms with E-state index in [1.54, 1.807) is 23.5 Å². The molecule has 0 radical (unpaired) electrons. The SMILES string of the molecule is Cc1sc2c(c1C)C(c1ccc(F)cc1)=NC(CC(=O)OC(C)(C)C)c1nnc(C)n1-2. The molecule has 1 aliphatic heterocycles. The highest BCUT2D eigenvalue weighted by molar-refractivity contribution is 7.15. The lowest BCUT2D eigenvalue weighted by atomic mass is 9.99. The maximum Gasteiger partial charge on any atom is 0.308 e. The van der Waals surface area contributed by atoms with Crippen molar-refractivity contribution < 1.29 is 13.9 Å². The van der Waals surface area contributed by atoms with Crippen LogP contribution in [0.4, 0.5) is 4.39 Å². The van der Waals surface area contributed by atoms with Crippen molar-refractivity contribution in [2.75, 3.05) is 0 Å². The van der Waals surface area contributed by atoms with Crippen LogP contribution in [0.3, 0.4) is 0 Å². The van der Waals surface area contributed by atoms with Gasteiger partial charge in [-0.15, -0.1) is 21.5 Å². The van der Waals surface area contributed by atoms with Crippen LogP contribution >= 0.6 is 11.3 Å². The van der Waals surface area contributed by atoms with Gasteiger partial charge in [0.2, 0.25) is 0 Å². The molecule has 1 unspecified atom stereocenters. The summed E-state index contributed by atoms with van der Waals surface area (Å²) in [6.45, 7) is 11.5. The number of hydrogen-bond donors (Lipinski definition) is 0. The van der Waals surface area contributed by atoms with Gasteiger partial charge >= 0.3 is 5.97 Å². The zero-order valence-electron chi connectivity index (χ0n) is 18.5. The van der Waals surface area contributed by atoms with E-state index < -0.39 is 11.6 Å². The second kappa shape index (κ2) is 7.67. The van der Waals surface area contributed by atoms with Crippen molar-refractivity contribution >= 4 is 23.0 Å². The first kappa shape index (κ1) is 21.4.